The standard InChI is InChI=1S/C14H16N2O5S/c1-22(19,20)14(13(15)18)11-5-3-2-4-9(11)6-16(14)12(17)10-7-21-8-10/h2-5,10H,6-8H2,1H3,(H2,15,18). The van der Waals surface area contributed by atoms with E-state index < -0.39 is 32.4 Å². The second kappa shape index (κ2) is 4.79. The molecular formula is C14H16N2O5S. The van der Waals surface area contributed by atoms with Crippen molar-refractivity contribution in [3.8, 4) is 0 Å². The van der Waals surface area contributed by atoms with Crippen LogP contribution < -0.4 is 5.73 Å². The molecule has 1 aromatic carbocycles. The number of hydrogen-bond donors (Lipinski definition) is 1. The first-order chi connectivity index (χ1) is 10.3. The Morgan fingerprint density at radius 3 is 2.45 bits per heavy atom. The average molecular weight is 324 g/mol. The molecule has 118 valence electrons. The van der Waals surface area contributed by atoms with Crippen molar-refractivity contribution >= 4 is 21.7 Å². The first-order valence-corrected chi connectivity index (χ1v) is 8.66. The van der Waals surface area contributed by atoms with Gasteiger partial charge < -0.3 is 15.4 Å². The van der Waals surface area contributed by atoms with Crippen molar-refractivity contribution in [3.63, 3.8) is 0 Å². The molecule has 1 fully saturated rings. The summed E-state index contributed by atoms with van der Waals surface area (Å²) in [6.07, 6.45) is 0.928. The Morgan fingerprint density at radius 1 is 1.32 bits per heavy atom. The fourth-order valence-electron chi connectivity index (χ4n) is 3.10. The molecule has 22 heavy (non-hydrogen) atoms. The normalized spacial score (nSPS) is 24.7. The summed E-state index contributed by atoms with van der Waals surface area (Å²) < 4.78 is 29.9. The highest BCUT2D eigenvalue weighted by molar-refractivity contribution is 7.92. The van der Waals surface area contributed by atoms with E-state index in [0.717, 1.165) is 11.2 Å². The van der Waals surface area contributed by atoms with Crippen LogP contribution in [0.1, 0.15) is 11.1 Å². The third kappa shape index (κ3) is 1.80. The van der Waals surface area contributed by atoms with E-state index in [2.05, 4.69) is 0 Å². The van der Waals surface area contributed by atoms with Crippen LogP contribution in [-0.4, -0.2) is 44.6 Å². The van der Waals surface area contributed by atoms with Crippen molar-refractivity contribution in [1.82, 2.24) is 4.90 Å². The molecule has 1 saturated heterocycles. The number of fused-ring (bicyclic) bond motifs is 1. The number of rotatable bonds is 3. The van der Waals surface area contributed by atoms with Gasteiger partial charge in [-0.2, -0.15) is 0 Å². The SMILES string of the molecule is CS(=O)(=O)C1(C(N)=O)c2ccccc2CN1C(=O)C1COC1. The molecule has 1 atom stereocenters. The number of benzene rings is 1. The van der Waals surface area contributed by atoms with Crippen LogP contribution in [0.5, 0.6) is 0 Å². The number of sulfone groups is 1. The van der Waals surface area contributed by atoms with Gasteiger partial charge in [-0.3, -0.25) is 9.59 Å². The minimum Gasteiger partial charge on any atom is -0.380 e. The van der Waals surface area contributed by atoms with Crippen LogP contribution in [0, 0.1) is 5.92 Å². The molecule has 2 amide bonds. The van der Waals surface area contributed by atoms with Crippen LogP contribution in [0.4, 0.5) is 0 Å². The topological polar surface area (TPSA) is 107 Å². The first kappa shape index (κ1) is 15.0. The van der Waals surface area contributed by atoms with Crippen LogP contribution in [0.25, 0.3) is 0 Å². The number of ether oxygens (including phenoxy) is 1. The zero-order valence-electron chi connectivity index (χ0n) is 12.0. The molecule has 0 bridgehead atoms. The molecule has 2 aliphatic heterocycles. The van der Waals surface area contributed by atoms with Gasteiger partial charge >= 0.3 is 0 Å². The lowest BCUT2D eigenvalue weighted by Crippen LogP contribution is -2.60. The van der Waals surface area contributed by atoms with E-state index in [1.807, 2.05) is 0 Å². The number of hydrogen-bond acceptors (Lipinski definition) is 5. The van der Waals surface area contributed by atoms with Crippen LogP contribution in [0.3, 0.4) is 0 Å². The van der Waals surface area contributed by atoms with Crippen LogP contribution in [-0.2, 0) is 35.6 Å². The molecule has 7 nitrogen and oxygen atoms in total. The molecule has 1 unspecified atom stereocenters. The van der Waals surface area contributed by atoms with E-state index in [4.69, 9.17) is 10.5 Å². The third-order valence-electron chi connectivity index (χ3n) is 4.21. The quantitative estimate of drug-likeness (QED) is 0.796. The van der Waals surface area contributed by atoms with Crippen LogP contribution in [0.2, 0.25) is 0 Å². The zero-order chi connectivity index (χ0) is 16.1. The maximum atomic E-state index is 12.6. The predicted octanol–water partition coefficient (Wildman–Crippen LogP) is -0.642. The van der Waals surface area contributed by atoms with Gasteiger partial charge in [0.2, 0.25) is 10.8 Å². The number of amides is 2. The van der Waals surface area contributed by atoms with Gasteiger partial charge in [-0.25, -0.2) is 8.42 Å². The van der Waals surface area contributed by atoms with Gasteiger partial charge in [-0.05, 0) is 5.56 Å². The molecule has 0 spiro atoms. The Bertz CT molecular complexity index is 756. The van der Waals surface area contributed by atoms with E-state index in [9.17, 15) is 18.0 Å². The monoisotopic (exact) mass is 324 g/mol. The third-order valence-corrected chi connectivity index (χ3v) is 5.93. The van der Waals surface area contributed by atoms with Crippen LogP contribution in [0.15, 0.2) is 24.3 Å². The predicted molar refractivity (Wildman–Crippen MR) is 77.0 cm³/mol. The Balaban J connectivity index is 2.22. The van der Waals surface area contributed by atoms with Crippen molar-refractivity contribution in [1.29, 1.82) is 0 Å². The Labute approximate surface area is 128 Å². The van der Waals surface area contributed by atoms with E-state index >= 15 is 0 Å². The fraction of sp³-hybridized carbons (Fsp3) is 0.429. The summed E-state index contributed by atoms with van der Waals surface area (Å²) in [6.45, 7) is 0.496. The van der Waals surface area contributed by atoms with Gasteiger partial charge in [0.1, 0.15) is 0 Å². The molecule has 0 aromatic heterocycles. The lowest BCUT2D eigenvalue weighted by molar-refractivity contribution is -0.156. The summed E-state index contributed by atoms with van der Waals surface area (Å²) in [6, 6.07) is 6.59. The number of nitrogens with zero attached hydrogens (tertiary/aromatic N) is 1. The maximum Gasteiger partial charge on any atom is 0.264 e. The van der Waals surface area contributed by atoms with Crippen LogP contribution >= 0.6 is 0 Å². The van der Waals surface area contributed by atoms with Gasteiger partial charge in [-0.15, -0.1) is 0 Å². The largest absolute Gasteiger partial charge is 0.380 e. The second-order valence-electron chi connectivity index (χ2n) is 5.60. The van der Waals surface area contributed by atoms with Gasteiger partial charge in [-0.1, -0.05) is 24.3 Å². The van der Waals surface area contributed by atoms with Gasteiger partial charge in [0.15, 0.2) is 9.84 Å². The first-order valence-electron chi connectivity index (χ1n) is 6.77. The Hall–Kier alpha value is -1.93. The number of primary amides is 1. The van der Waals surface area contributed by atoms with Crippen molar-refractivity contribution in [2.45, 2.75) is 11.4 Å². The van der Waals surface area contributed by atoms with Gasteiger partial charge in [0, 0.05) is 18.4 Å². The zero-order valence-corrected chi connectivity index (χ0v) is 12.8. The average Bonchev–Trinajstić information content (AvgIpc) is 2.71. The lowest BCUT2D eigenvalue weighted by Gasteiger charge is -2.38. The minimum atomic E-state index is -4.00. The van der Waals surface area contributed by atoms with E-state index in [1.165, 1.54) is 6.07 Å². The van der Waals surface area contributed by atoms with E-state index in [-0.39, 0.29) is 25.3 Å². The Kier molecular flexibility index (Phi) is 3.26. The summed E-state index contributed by atoms with van der Waals surface area (Å²) in [5.74, 6) is -1.92. The molecule has 0 radical (unpaired) electrons. The lowest BCUT2D eigenvalue weighted by atomic mass is 10.0. The second-order valence-corrected chi connectivity index (χ2v) is 7.73. The molecule has 1 aromatic rings. The highest BCUT2D eigenvalue weighted by Crippen LogP contribution is 2.44. The molecule has 2 heterocycles. The smallest absolute Gasteiger partial charge is 0.264 e. The molecule has 8 heteroatoms. The van der Waals surface area contributed by atoms with Crippen molar-refractivity contribution < 1.29 is 22.7 Å². The molecule has 2 N–H and O–H groups in total. The van der Waals surface area contributed by atoms with Crippen molar-refractivity contribution in [2.75, 3.05) is 19.5 Å². The number of nitrogens with two attached hydrogens (primary N) is 1. The summed E-state index contributed by atoms with van der Waals surface area (Å²) >= 11 is 0. The fourth-order valence-corrected chi connectivity index (χ4v) is 4.61. The maximum absolute atomic E-state index is 12.6. The van der Waals surface area contributed by atoms with E-state index in [0.29, 0.717) is 5.56 Å². The number of carbonyl (C=O) groups is 2. The molecule has 2 aliphatic rings. The van der Waals surface area contributed by atoms with Gasteiger partial charge in [0.25, 0.3) is 5.91 Å². The number of carbonyl (C=O) groups excluding carboxylic acids is 2. The minimum absolute atomic E-state index is 0.0432. The summed E-state index contributed by atoms with van der Waals surface area (Å²) in [5, 5.41) is 0. The van der Waals surface area contributed by atoms with E-state index in [1.54, 1.807) is 18.2 Å². The summed E-state index contributed by atoms with van der Waals surface area (Å²) in [7, 11) is -4.00. The molecule has 0 saturated carbocycles. The highest BCUT2D eigenvalue weighted by Gasteiger charge is 2.60. The Morgan fingerprint density at radius 2 is 1.95 bits per heavy atom. The highest BCUT2D eigenvalue weighted by atomic mass is 32.2. The van der Waals surface area contributed by atoms with Crippen molar-refractivity contribution in [2.24, 2.45) is 11.7 Å². The van der Waals surface area contributed by atoms with Crippen molar-refractivity contribution in [3.05, 3.63) is 35.4 Å². The molecule has 3 rings (SSSR count). The summed E-state index contributed by atoms with van der Waals surface area (Å²) in [4.78, 5) is 23.8. The molecular weight excluding hydrogens is 308 g/mol. The van der Waals surface area contributed by atoms with Gasteiger partial charge in [0.05, 0.1) is 19.1 Å². The molecule has 0 aliphatic carbocycles. The summed E-state index contributed by atoms with van der Waals surface area (Å²) in [5.41, 5.74) is 6.35.